The lowest BCUT2D eigenvalue weighted by atomic mass is 10.1. The van der Waals surface area contributed by atoms with Gasteiger partial charge in [0.1, 0.15) is 5.82 Å². The number of hydrogen-bond donors (Lipinski definition) is 2. The predicted molar refractivity (Wildman–Crippen MR) is 67.7 cm³/mol. The van der Waals surface area contributed by atoms with Crippen LogP contribution in [0.2, 0.25) is 0 Å². The van der Waals surface area contributed by atoms with Crippen molar-refractivity contribution in [3.8, 4) is 0 Å². The predicted octanol–water partition coefficient (Wildman–Crippen LogP) is 1.63. The maximum absolute atomic E-state index is 4.61. The van der Waals surface area contributed by atoms with Crippen LogP contribution in [-0.4, -0.2) is 41.5 Å². The smallest absolute Gasteiger partial charge is 0.103 e. The molecule has 1 aromatic heterocycles. The minimum atomic E-state index is 0.366. The molecule has 1 unspecified atom stereocenters. The van der Waals surface area contributed by atoms with Crippen LogP contribution >= 0.6 is 0 Å². The first-order valence-electron chi connectivity index (χ1n) is 6.05. The third-order valence-electron chi connectivity index (χ3n) is 3.01. The third kappa shape index (κ3) is 2.83. The molecule has 0 aliphatic carbocycles. The number of nitrogens with one attached hydrogen (secondary N) is 2. The molecule has 0 amide bonds. The molecule has 1 atom stereocenters. The highest BCUT2D eigenvalue weighted by Crippen LogP contribution is 2.21. The maximum atomic E-state index is 4.61. The molecule has 0 fully saturated rings. The average Bonchev–Trinajstić information content (AvgIpc) is 2.58. The van der Waals surface area contributed by atoms with Crippen molar-refractivity contribution in [1.29, 1.82) is 0 Å². The van der Waals surface area contributed by atoms with Crippen LogP contribution in [0.1, 0.15) is 37.1 Å². The zero-order chi connectivity index (χ0) is 12.1. The van der Waals surface area contributed by atoms with Crippen molar-refractivity contribution in [2.75, 3.05) is 26.7 Å². The van der Waals surface area contributed by atoms with E-state index in [4.69, 9.17) is 0 Å². The molecule has 0 radical (unpaired) electrons. The lowest BCUT2D eigenvalue weighted by Gasteiger charge is -2.28. The molecular weight excluding hydrogens is 200 g/mol. The first-order valence-corrected chi connectivity index (χ1v) is 6.05. The third-order valence-corrected chi connectivity index (χ3v) is 3.01. The summed E-state index contributed by atoms with van der Waals surface area (Å²) in [6.45, 7) is 11.5. The second-order valence-corrected chi connectivity index (χ2v) is 4.13. The molecule has 0 saturated carbocycles. The van der Waals surface area contributed by atoms with Crippen LogP contribution in [0.5, 0.6) is 0 Å². The quantitative estimate of drug-likeness (QED) is 0.772. The number of nitrogens with zero attached hydrogens (tertiary/aromatic N) is 2. The van der Waals surface area contributed by atoms with Crippen molar-refractivity contribution in [1.82, 2.24) is 20.2 Å². The molecule has 0 aromatic carbocycles. The van der Waals surface area contributed by atoms with Gasteiger partial charge in [0.25, 0.3) is 0 Å². The van der Waals surface area contributed by atoms with E-state index >= 15 is 0 Å². The number of hydrogen-bond acceptors (Lipinski definition) is 3. The van der Waals surface area contributed by atoms with E-state index < -0.39 is 0 Å². The van der Waals surface area contributed by atoms with Crippen molar-refractivity contribution in [2.45, 2.75) is 33.7 Å². The summed E-state index contributed by atoms with van der Waals surface area (Å²) >= 11 is 0. The topological polar surface area (TPSA) is 44.0 Å². The Kier molecular flexibility index (Phi) is 4.96. The van der Waals surface area contributed by atoms with Crippen LogP contribution in [-0.2, 0) is 0 Å². The normalized spacial score (nSPS) is 13.4. The lowest BCUT2D eigenvalue weighted by Crippen LogP contribution is -2.35. The largest absolute Gasteiger partial charge is 0.346 e. The zero-order valence-corrected chi connectivity index (χ0v) is 11.1. The van der Waals surface area contributed by atoms with Gasteiger partial charge in [0.2, 0.25) is 0 Å². The first-order chi connectivity index (χ1) is 7.63. The van der Waals surface area contributed by atoms with Crippen molar-refractivity contribution in [2.24, 2.45) is 0 Å². The van der Waals surface area contributed by atoms with Crippen LogP contribution < -0.4 is 5.32 Å². The first kappa shape index (κ1) is 13.2. The lowest BCUT2D eigenvalue weighted by molar-refractivity contribution is 0.212. The minimum absolute atomic E-state index is 0.366. The van der Waals surface area contributed by atoms with Gasteiger partial charge < -0.3 is 10.3 Å². The Morgan fingerprint density at radius 1 is 1.31 bits per heavy atom. The molecule has 0 spiro atoms. The van der Waals surface area contributed by atoms with Gasteiger partial charge in [-0.25, -0.2) is 4.98 Å². The van der Waals surface area contributed by atoms with E-state index in [-0.39, 0.29) is 0 Å². The van der Waals surface area contributed by atoms with Gasteiger partial charge in [-0.15, -0.1) is 0 Å². The van der Waals surface area contributed by atoms with Crippen molar-refractivity contribution in [3.05, 3.63) is 17.2 Å². The van der Waals surface area contributed by atoms with Crippen molar-refractivity contribution < 1.29 is 0 Å². The molecule has 2 N–H and O–H groups in total. The number of rotatable bonds is 6. The SMILES string of the molecule is CCN(CC)C(CNC)c1nc(C)[nH]c1C. The highest BCUT2D eigenvalue weighted by molar-refractivity contribution is 5.17. The molecule has 0 bridgehead atoms. The maximum Gasteiger partial charge on any atom is 0.103 e. The summed E-state index contributed by atoms with van der Waals surface area (Å²) in [5, 5.41) is 3.26. The standard InChI is InChI=1S/C12H24N4/c1-6-16(7-2)11(8-13-5)12-9(3)14-10(4)15-12/h11,13H,6-8H2,1-5H3,(H,14,15). The summed E-state index contributed by atoms with van der Waals surface area (Å²) < 4.78 is 0. The van der Waals surface area contributed by atoms with Gasteiger partial charge in [0, 0.05) is 12.2 Å². The molecule has 1 heterocycles. The Bertz CT molecular complexity index is 315. The molecule has 0 aliphatic heterocycles. The summed E-state index contributed by atoms with van der Waals surface area (Å²) in [6, 6.07) is 0.366. The summed E-state index contributed by atoms with van der Waals surface area (Å²) in [6.07, 6.45) is 0. The Balaban J connectivity index is 2.96. The van der Waals surface area contributed by atoms with Crippen molar-refractivity contribution in [3.63, 3.8) is 0 Å². The van der Waals surface area contributed by atoms with Crippen LogP contribution in [0, 0.1) is 13.8 Å². The highest BCUT2D eigenvalue weighted by atomic mass is 15.2. The fraction of sp³-hybridized carbons (Fsp3) is 0.750. The highest BCUT2D eigenvalue weighted by Gasteiger charge is 2.21. The van der Waals surface area contributed by atoms with E-state index in [1.165, 1.54) is 11.4 Å². The van der Waals surface area contributed by atoms with E-state index in [9.17, 15) is 0 Å². The van der Waals surface area contributed by atoms with Gasteiger partial charge in [-0.3, -0.25) is 4.90 Å². The van der Waals surface area contributed by atoms with Gasteiger partial charge in [-0.1, -0.05) is 13.8 Å². The number of imidazole rings is 1. The Labute approximate surface area is 98.5 Å². The van der Waals surface area contributed by atoms with Gasteiger partial charge in [0.05, 0.1) is 11.7 Å². The Morgan fingerprint density at radius 3 is 2.31 bits per heavy atom. The summed E-state index contributed by atoms with van der Waals surface area (Å²) in [4.78, 5) is 10.3. The molecular formula is C12H24N4. The fourth-order valence-corrected chi connectivity index (χ4v) is 2.21. The van der Waals surface area contributed by atoms with Crippen molar-refractivity contribution >= 4 is 0 Å². The Hall–Kier alpha value is -0.870. The van der Waals surface area contributed by atoms with Gasteiger partial charge >= 0.3 is 0 Å². The second kappa shape index (κ2) is 6.01. The van der Waals surface area contributed by atoms with Gasteiger partial charge in [0.15, 0.2) is 0 Å². The summed E-state index contributed by atoms with van der Waals surface area (Å²) in [5.41, 5.74) is 2.36. The molecule has 4 heteroatoms. The van der Waals surface area contributed by atoms with Crippen LogP contribution in [0.15, 0.2) is 0 Å². The fourth-order valence-electron chi connectivity index (χ4n) is 2.21. The zero-order valence-electron chi connectivity index (χ0n) is 11.1. The second-order valence-electron chi connectivity index (χ2n) is 4.13. The molecule has 16 heavy (non-hydrogen) atoms. The Morgan fingerprint density at radius 2 is 1.94 bits per heavy atom. The van der Waals surface area contributed by atoms with E-state index in [0.717, 1.165) is 25.5 Å². The molecule has 92 valence electrons. The van der Waals surface area contributed by atoms with Gasteiger partial charge in [-0.05, 0) is 34.0 Å². The number of H-pyrrole nitrogens is 1. The number of aromatic amines is 1. The van der Waals surface area contributed by atoms with E-state index in [0.29, 0.717) is 6.04 Å². The van der Waals surface area contributed by atoms with Crippen LogP contribution in [0.25, 0.3) is 0 Å². The van der Waals surface area contributed by atoms with Gasteiger partial charge in [-0.2, -0.15) is 0 Å². The van der Waals surface area contributed by atoms with Crippen LogP contribution in [0.4, 0.5) is 0 Å². The van der Waals surface area contributed by atoms with E-state index in [2.05, 4.69) is 41.0 Å². The minimum Gasteiger partial charge on any atom is -0.346 e. The summed E-state index contributed by atoms with van der Waals surface area (Å²) in [7, 11) is 1.99. The monoisotopic (exact) mass is 224 g/mol. The number of aryl methyl sites for hydroxylation is 2. The number of likely N-dealkylation sites (N-methyl/N-ethyl adjacent to an activating group) is 2. The molecule has 4 nitrogen and oxygen atoms in total. The molecule has 1 rings (SSSR count). The summed E-state index contributed by atoms with van der Waals surface area (Å²) in [5.74, 6) is 1.00. The number of aromatic nitrogens is 2. The molecule has 0 saturated heterocycles. The molecule has 0 aliphatic rings. The van der Waals surface area contributed by atoms with E-state index in [1.54, 1.807) is 0 Å². The van der Waals surface area contributed by atoms with Crippen LogP contribution in [0.3, 0.4) is 0 Å². The average molecular weight is 224 g/mol. The molecule has 1 aromatic rings. The van der Waals surface area contributed by atoms with E-state index in [1.807, 2.05) is 14.0 Å².